The molecule has 1 aromatic heterocycles. The number of nitriles is 1. The van der Waals surface area contributed by atoms with Gasteiger partial charge in [0.1, 0.15) is 16.6 Å². The zero-order chi connectivity index (χ0) is 13.0. The molecule has 2 heterocycles. The van der Waals surface area contributed by atoms with Crippen LogP contribution in [0.25, 0.3) is 0 Å². The molecule has 0 amide bonds. The first-order chi connectivity index (χ1) is 8.72. The summed E-state index contributed by atoms with van der Waals surface area (Å²) in [5.74, 6) is 0. The Hall–Kier alpha value is -1.12. The van der Waals surface area contributed by atoms with E-state index in [0.29, 0.717) is 11.6 Å². The van der Waals surface area contributed by atoms with Gasteiger partial charge in [-0.15, -0.1) is 0 Å². The highest BCUT2D eigenvalue weighted by molar-refractivity contribution is 7.10. The van der Waals surface area contributed by atoms with Gasteiger partial charge in [-0.2, -0.15) is 9.64 Å². The molecule has 1 aliphatic heterocycles. The third-order valence-electron chi connectivity index (χ3n) is 3.55. The van der Waals surface area contributed by atoms with Gasteiger partial charge in [-0.05, 0) is 51.3 Å². The van der Waals surface area contributed by atoms with E-state index in [-0.39, 0.29) is 0 Å². The molecule has 0 aliphatic carbocycles. The molecule has 1 unspecified atom stereocenters. The lowest BCUT2D eigenvalue weighted by Gasteiger charge is -2.32. The number of piperidine rings is 1. The highest BCUT2D eigenvalue weighted by Crippen LogP contribution is 2.23. The van der Waals surface area contributed by atoms with E-state index in [1.807, 2.05) is 6.92 Å². The van der Waals surface area contributed by atoms with Crippen LogP contribution in [0.4, 0.5) is 5.00 Å². The fourth-order valence-corrected chi connectivity index (χ4v) is 3.10. The van der Waals surface area contributed by atoms with Crippen molar-refractivity contribution in [3.8, 4) is 6.07 Å². The van der Waals surface area contributed by atoms with E-state index >= 15 is 0 Å². The quantitative estimate of drug-likeness (QED) is 0.908. The topological polar surface area (TPSA) is 52.0 Å². The maximum Gasteiger partial charge on any atom is 0.127 e. The number of aryl methyl sites for hydroxylation is 1. The Morgan fingerprint density at radius 2 is 2.17 bits per heavy atom. The largest absolute Gasteiger partial charge is 0.373 e. The third kappa shape index (κ3) is 3.01. The van der Waals surface area contributed by atoms with Crippen molar-refractivity contribution in [2.24, 2.45) is 0 Å². The molecule has 98 valence electrons. The van der Waals surface area contributed by atoms with Crippen LogP contribution in [0.1, 0.15) is 37.4 Å². The fourth-order valence-electron chi connectivity index (χ4n) is 2.35. The molecule has 1 saturated heterocycles. The van der Waals surface area contributed by atoms with E-state index in [9.17, 15) is 0 Å². The van der Waals surface area contributed by atoms with Gasteiger partial charge in [0.05, 0.1) is 5.69 Å². The summed E-state index contributed by atoms with van der Waals surface area (Å²) in [5.41, 5.74) is 1.53. The molecule has 1 atom stereocenters. The molecule has 4 nitrogen and oxygen atoms in total. The fraction of sp³-hybridized carbons (Fsp3) is 0.692. The predicted octanol–water partition coefficient (Wildman–Crippen LogP) is 2.61. The zero-order valence-electron chi connectivity index (χ0n) is 11.1. The van der Waals surface area contributed by atoms with Crippen LogP contribution in [0.15, 0.2) is 0 Å². The van der Waals surface area contributed by atoms with Gasteiger partial charge in [0, 0.05) is 12.6 Å². The first-order valence-electron chi connectivity index (χ1n) is 6.56. The Balaban J connectivity index is 1.88. The minimum atomic E-state index is 0.513. The zero-order valence-corrected chi connectivity index (χ0v) is 11.9. The highest BCUT2D eigenvalue weighted by atomic mass is 32.1. The van der Waals surface area contributed by atoms with Gasteiger partial charge in [0.25, 0.3) is 0 Å². The van der Waals surface area contributed by atoms with E-state index in [4.69, 9.17) is 5.26 Å². The predicted molar refractivity (Wildman–Crippen MR) is 74.9 cm³/mol. The number of aromatic nitrogens is 1. The second-order valence-corrected chi connectivity index (χ2v) is 5.68. The van der Waals surface area contributed by atoms with Crippen molar-refractivity contribution in [2.75, 3.05) is 25.0 Å². The molecule has 2 rings (SSSR count). The molecule has 18 heavy (non-hydrogen) atoms. The Morgan fingerprint density at radius 3 is 2.83 bits per heavy atom. The average molecular weight is 264 g/mol. The summed E-state index contributed by atoms with van der Waals surface area (Å²) in [6.07, 6.45) is 3.99. The summed E-state index contributed by atoms with van der Waals surface area (Å²) in [4.78, 5) is 2.52. The first-order valence-corrected chi connectivity index (χ1v) is 7.34. The van der Waals surface area contributed by atoms with Gasteiger partial charge in [-0.25, -0.2) is 0 Å². The van der Waals surface area contributed by atoms with Gasteiger partial charge >= 0.3 is 0 Å². The average Bonchev–Trinajstić information content (AvgIpc) is 2.77. The Morgan fingerprint density at radius 1 is 1.44 bits per heavy atom. The number of anilines is 1. The molecule has 1 aliphatic rings. The summed E-state index contributed by atoms with van der Waals surface area (Å²) in [5, 5.41) is 13.4. The smallest absolute Gasteiger partial charge is 0.127 e. The molecular formula is C13H20N4S. The van der Waals surface area contributed by atoms with Crippen LogP contribution >= 0.6 is 11.5 Å². The molecule has 1 aromatic rings. The Kier molecular flexibility index (Phi) is 4.56. The maximum atomic E-state index is 9.07. The van der Waals surface area contributed by atoms with Crippen LogP contribution < -0.4 is 5.32 Å². The van der Waals surface area contributed by atoms with Gasteiger partial charge in [-0.1, -0.05) is 6.42 Å². The lowest BCUT2D eigenvalue weighted by molar-refractivity contribution is 0.181. The highest BCUT2D eigenvalue weighted by Gasteiger charge is 2.17. The SMILES string of the molecule is Cc1nsc(NCC(C)N2CCCCC2)c1C#N. The Bertz CT molecular complexity index is 429. The minimum absolute atomic E-state index is 0.513. The lowest BCUT2D eigenvalue weighted by Crippen LogP contribution is -2.41. The van der Waals surface area contributed by atoms with Crippen LogP contribution in [0.2, 0.25) is 0 Å². The van der Waals surface area contributed by atoms with Crippen LogP contribution in [-0.2, 0) is 0 Å². The van der Waals surface area contributed by atoms with E-state index in [0.717, 1.165) is 17.2 Å². The number of hydrogen-bond acceptors (Lipinski definition) is 5. The molecule has 0 bridgehead atoms. The molecule has 5 heteroatoms. The first kappa shape index (κ1) is 13.3. The van der Waals surface area contributed by atoms with Crippen molar-refractivity contribution in [1.29, 1.82) is 5.26 Å². The summed E-state index contributed by atoms with van der Waals surface area (Å²) in [7, 11) is 0. The lowest BCUT2D eigenvalue weighted by atomic mass is 10.1. The van der Waals surface area contributed by atoms with E-state index in [2.05, 4.69) is 27.6 Å². The van der Waals surface area contributed by atoms with Crippen molar-refractivity contribution >= 4 is 16.5 Å². The van der Waals surface area contributed by atoms with Crippen LogP contribution in [0.3, 0.4) is 0 Å². The molecule has 0 saturated carbocycles. The molecule has 0 radical (unpaired) electrons. The van der Waals surface area contributed by atoms with E-state index in [1.165, 1.54) is 43.9 Å². The summed E-state index contributed by atoms with van der Waals surface area (Å²) < 4.78 is 4.22. The molecule has 0 spiro atoms. The second kappa shape index (κ2) is 6.17. The molecule has 1 N–H and O–H groups in total. The van der Waals surface area contributed by atoms with Crippen LogP contribution in [0, 0.1) is 18.3 Å². The van der Waals surface area contributed by atoms with E-state index in [1.54, 1.807) is 0 Å². The number of nitrogens with zero attached hydrogens (tertiary/aromatic N) is 3. The van der Waals surface area contributed by atoms with E-state index < -0.39 is 0 Å². The van der Waals surface area contributed by atoms with Crippen LogP contribution in [-0.4, -0.2) is 34.9 Å². The van der Waals surface area contributed by atoms with Crippen molar-refractivity contribution < 1.29 is 0 Å². The molecule has 0 aromatic carbocycles. The monoisotopic (exact) mass is 264 g/mol. The van der Waals surface area contributed by atoms with Crippen molar-refractivity contribution in [3.05, 3.63) is 11.3 Å². The number of hydrogen-bond donors (Lipinski definition) is 1. The number of nitrogens with one attached hydrogen (secondary N) is 1. The van der Waals surface area contributed by atoms with Crippen molar-refractivity contribution in [3.63, 3.8) is 0 Å². The second-order valence-electron chi connectivity index (χ2n) is 4.91. The summed E-state index contributed by atoms with van der Waals surface area (Å²) >= 11 is 1.39. The van der Waals surface area contributed by atoms with Gasteiger partial charge in [0.2, 0.25) is 0 Å². The number of likely N-dealkylation sites (tertiary alicyclic amines) is 1. The standard InChI is InChI=1S/C13H20N4S/c1-10(17-6-4-3-5-7-17)9-15-13-12(8-14)11(2)16-18-13/h10,15H,3-7,9H2,1-2H3. The van der Waals surface area contributed by atoms with Gasteiger partial charge in [-0.3, -0.25) is 4.90 Å². The normalized spacial score (nSPS) is 18.3. The molecule has 1 fully saturated rings. The third-order valence-corrected chi connectivity index (χ3v) is 4.44. The van der Waals surface area contributed by atoms with Gasteiger partial charge in [0.15, 0.2) is 0 Å². The summed E-state index contributed by atoms with van der Waals surface area (Å²) in [6.45, 7) is 7.42. The summed E-state index contributed by atoms with van der Waals surface area (Å²) in [6, 6.07) is 2.73. The number of rotatable bonds is 4. The molecular weight excluding hydrogens is 244 g/mol. The van der Waals surface area contributed by atoms with Crippen molar-refractivity contribution in [1.82, 2.24) is 9.27 Å². The maximum absolute atomic E-state index is 9.07. The van der Waals surface area contributed by atoms with Crippen molar-refractivity contribution in [2.45, 2.75) is 39.2 Å². The van der Waals surface area contributed by atoms with Gasteiger partial charge < -0.3 is 5.32 Å². The minimum Gasteiger partial charge on any atom is -0.373 e. The Labute approximate surface area is 113 Å². The van der Waals surface area contributed by atoms with Crippen LogP contribution in [0.5, 0.6) is 0 Å².